The van der Waals surface area contributed by atoms with Crippen molar-refractivity contribution in [2.24, 2.45) is 0 Å². The summed E-state index contributed by atoms with van der Waals surface area (Å²) in [5.41, 5.74) is 4.36. The molecule has 34 heavy (non-hydrogen) atoms. The maximum Gasteiger partial charge on any atom is 0.249 e. The number of aromatic nitrogens is 1. The van der Waals surface area contributed by atoms with Gasteiger partial charge in [-0.25, -0.2) is 35.4 Å². The highest BCUT2D eigenvalue weighted by molar-refractivity contribution is 7.89. The summed E-state index contributed by atoms with van der Waals surface area (Å²) in [4.78, 5) is 4.61. The molecule has 1 fully saturated rings. The maximum atomic E-state index is 14.1. The quantitative estimate of drug-likeness (QED) is 0.283. The van der Waals surface area contributed by atoms with Gasteiger partial charge in [-0.1, -0.05) is 18.2 Å². The molecule has 1 aliphatic rings. The first kappa shape index (κ1) is 24.6. The van der Waals surface area contributed by atoms with Crippen molar-refractivity contribution in [1.82, 2.24) is 9.29 Å². The molecule has 4 rings (SSSR count). The van der Waals surface area contributed by atoms with Crippen LogP contribution in [0.1, 0.15) is 22.4 Å². The Morgan fingerprint density at radius 3 is 2.12 bits per heavy atom. The van der Waals surface area contributed by atoms with E-state index in [1.165, 1.54) is 22.5 Å². The topological polar surface area (TPSA) is 53.5 Å². The zero-order chi connectivity index (χ0) is 24.8. The molecule has 5 nitrogen and oxygen atoms in total. The van der Waals surface area contributed by atoms with Crippen molar-refractivity contribution in [3.8, 4) is 0 Å². The molecular weight excluding hydrogens is 497 g/mol. The molecule has 0 unspecified atom stereocenters. The fourth-order valence-corrected chi connectivity index (χ4v) is 6.19. The molecule has 0 spiro atoms. The Balaban J connectivity index is 1.49. The highest BCUT2D eigenvalue weighted by atomic mass is 32.2. The number of benzene rings is 2. The largest absolute Gasteiger partial charge is 0.345 e. The fourth-order valence-electron chi connectivity index (χ4n) is 3.78. The van der Waals surface area contributed by atoms with Crippen molar-refractivity contribution in [3.63, 3.8) is 0 Å². The van der Waals surface area contributed by atoms with E-state index in [1.807, 2.05) is 42.3 Å². The van der Waals surface area contributed by atoms with Crippen LogP contribution in [0.25, 0.3) is 0 Å². The Labute approximate surface area is 197 Å². The van der Waals surface area contributed by atoms with Gasteiger partial charge in [-0.15, -0.1) is 11.3 Å². The van der Waals surface area contributed by atoms with E-state index in [2.05, 4.69) is 4.98 Å². The van der Waals surface area contributed by atoms with E-state index in [1.54, 1.807) is 0 Å². The second-order valence-corrected chi connectivity index (χ2v) is 10.7. The van der Waals surface area contributed by atoms with Crippen LogP contribution >= 0.6 is 11.3 Å². The molecule has 0 N–H and O–H groups in total. The number of piperazine rings is 1. The first-order valence-electron chi connectivity index (χ1n) is 10.3. The van der Waals surface area contributed by atoms with Crippen molar-refractivity contribution >= 4 is 26.5 Å². The predicted octanol–water partition coefficient (Wildman–Crippen LogP) is 4.56. The number of thiazole rings is 1. The predicted molar refractivity (Wildman–Crippen MR) is 118 cm³/mol. The van der Waals surface area contributed by atoms with Crippen molar-refractivity contribution in [1.29, 1.82) is 0 Å². The zero-order valence-electron chi connectivity index (χ0n) is 18.2. The van der Waals surface area contributed by atoms with Crippen LogP contribution in [0.3, 0.4) is 0 Å². The molecule has 0 saturated carbocycles. The van der Waals surface area contributed by atoms with Crippen LogP contribution in [0.15, 0.2) is 28.5 Å². The molecule has 0 amide bonds. The Hall–Kier alpha value is -2.57. The number of sulfonamides is 1. The van der Waals surface area contributed by atoms with Crippen LogP contribution in [0.4, 0.5) is 27.1 Å². The van der Waals surface area contributed by atoms with Crippen molar-refractivity contribution in [2.75, 3.05) is 31.1 Å². The molecule has 3 aromatic rings. The molecule has 1 aliphatic heterocycles. The number of aryl methyl sites for hydroxylation is 1. The van der Waals surface area contributed by atoms with E-state index in [-0.39, 0.29) is 26.2 Å². The normalized spacial score (nSPS) is 15.2. The summed E-state index contributed by atoms with van der Waals surface area (Å²) >= 11 is 1.39. The Morgan fingerprint density at radius 2 is 1.50 bits per heavy atom. The summed E-state index contributed by atoms with van der Waals surface area (Å²) in [6.45, 7) is 3.96. The summed E-state index contributed by atoms with van der Waals surface area (Å²) in [7, 11) is -4.94. The van der Waals surface area contributed by atoms with Gasteiger partial charge in [-0.2, -0.15) is 4.31 Å². The van der Waals surface area contributed by atoms with Gasteiger partial charge in [0.05, 0.1) is 5.69 Å². The number of anilines is 1. The van der Waals surface area contributed by atoms with Gasteiger partial charge in [-0.3, -0.25) is 0 Å². The third-order valence-electron chi connectivity index (χ3n) is 5.90. The second-order valence-electron chi connectivity index (χ2n) is 7.95. The molecule has 1 saturated heterocycles. The van der Waals surface area contributed by atoms with Crippen molar-refractivity contribution in [3.05, 3.63) is 75.0 Å². The molecule has 2 aromatic carbocycles. The lowest BCUT2D eigenvalue weighted by Crippen LogP contribution is -2.49. The standard InChI is InChI=1S/C22H20F5N3O2S2/c1-12-4-3-5-14(13(12)2)10-15-11-33-22(28-15)29-6-8-30(9-7-29)34(31,32)21-19(26)17(24)16(23)18(25)20(21)27/h3-5,11H,6-10H2,1-2H3. The third kappa shape index (κ3) is 4.29. The van der Waals surface area contributed by atoms with Gasteiger partial charge in [0.2, 0.25) is 15.8 Å². The van der Waals surface area contributed by atoms with Gasteiger partial charge in [0.15, 0.2) is 33.3 Å². The lowest BCUT2D eigenvalue weighted by Gasteiger charge is -2.33. The van der Waals surface area contributed by atoms with E-state index in [4.69, 9.17) is 0 Å². The smallest absolute Gasteiger partial charge is 0.249 e. The molecule has 182 valence electrons. The van der Waals surface area contributed by atoms with Crippen molar-refractivity contribution in [2.45, 2.75) is 25.2 Å². The first-order valence-corrected chi connectivity index (χ1v) is 12.6. The average Bonchev–Trinajstić information content (AvgIpc) is 3.28. The van der Waals surface area contributed by atoms with Crippen LogP contribution in [0, 0.1) is 42.9 Å². The highest BCUT2D eigenvalue weighted by Gasteiger charge is 2.38. The molecule has 0 radical (unpaired) electrons. The third-order valence-corrected chi connectivity index (χ3v) is 8.77. The summed E-state index contributed by atoms with van der Waals surface area (Å²) in [6, 6.07) is 6.05. The van der Waals surface area contributed by atoms with E-state index in [0.717, 1.165) is 11.3 Å². The first-order chi connectivity index (χ1) is 16.0. The van der Waals surface area contributed by atoms with E-state index in [0.29, 0.717) is 15.9 Å². The van der Waals surface area contributed by atoms with Crippen LogP contribution in [0.5, 0.6) is 0 Å². The summed E-state index contributed by atoms with van der Waals surface area (Å²) in [5.74, 6) is -11.7. The summed E-state index contributed by atoms with van der Waals surface area (Å²) < 4.78 is 94.7. The minimum atomic E-state index is -4.94. The fraction of sp³-hybridized carbons (Fsp3) is 0.318. The zero-order valence-corrected chi connectivity index (χ0v) is 19.8. The van der Waals surface area contributed by atoms with Gasteiger partial charge >= 0.3 is 0 Å². The van der Waals surface area contributed by atoms with E-state index >= 15 is 0 Å². The Kier molecular flexibility index (Phi) is 6.67. The number of hydrogen-bond donors (Lipinski definition) is 0. The molecule has 2 heterocycles. The van der Waals surface area contributed by atoms with Crippen LogP contribution in [0.2, 0.25) is 0 Å². The molecular formula is C22H20F5N3O2S2. The SMILES string of the molecule is Cc1cccc(Cc2csc(N3CCN(S(=O)(=O)c4c(F)c(F)c(F)c(F)c4F)CC3)n2)c1C. The van der Waals surface area contributed by atoms with E-state index < -0.39 is 44.0 Å². The van der Waals surface area contributed by atoms with Gasteiger partial charge < -0.3 is 4.90 Å². The van der Waals surface area contributed by atoms with Gasteiger partial charge in [-0.05, 0) is 30.5 Å². The Morgan fingerprint density at radius 1 is 0.912 bits per heavy atom. The molecule has 0 aliphatic carbocycles. The van der Waals surface area contributed by atoms with Gasteiger partial charge in [0.1, 0.15) is 0 Å². The van der Waals surface area contributed by atoms with Gasteiger partial charge in [0, 0.05) is 38.0 Å². The van der Waals surface area contributed by atoms with Crippen LogP contribution < -0.4 is 4.90 Å². The molecule has 12 heteroatoms. The number of nitrogens with zero attached hydrogens (tertiary/aromatic N) is 3. The summed E-state index contributed by atoms with van der Waals surface area (Å²) in [6.07, 6.45) is 0.638. The second kappa shape index (κ2) is 9.23. The number of hydrogen-bond acceptors (Lipinski definition) is 5. The van der Waals surface area contributed by atoms with Crippen LogP contribution in [-0.4, -0.2) is 43.9 Å². The molecule has 0 bridgehead atoms. The van der Waals surface area contributed by atoms with Crippen LogP contribution in [-0.2, 0) is 16.4 Å². The Bertz CT molecular complexity index is 1320. The minimum Gasteiger partial charge on any atom is -0.345 e. The van der Waals surface area contributed by atoms with Gasteiger partial charge in [0.25, 0.3) is 0 Å². The maximum absolute atomic E-state index is 14.1. The summed E-state index contributed by atoms with van der Waals surface area (Å²) in [5, 5.41) is 2.57. The number of rotatable bonds is 5. The average molecular weight is 518 g/mol. The van der Waals surface area contributed by atoms with E-state index in [9.17, 15) is 30.4 Å². The van der Waals surface area contributed by atoms with Crippen molar-refractivity contribution < 1.29 is 30.4 Å². The minimum absolute atomic E-state index is 0.144. The molecule has 0 atom stereocenters. The molecule has 1 aromatic heterocycles. The lowest BCUT2D eigenvalue weighted by atomic mass is 10.0. The number of halogens is 5. The monoisotopic (exact) mass is 517 g/mol. The lowest BCUT2D eigenvalue weighted by molar-refractivity contribution is 0.344. The highest BCUT2D eigenvalue weighted by Crippen LogP contribution is 2.31.